The molecule has 3 nitrogen and oxygen atoms in total. The number of rotatable bonds is 4. The lowest BCUT2D eigenvalue weighted by Gasteiger charge is -2.01. The van der Waals surface area contributed by atoms with Crippen molar-refractivity contribution in [3.63, 3.8) is 0 Å². The maximum Gasteiger partial charge on any atom is 0.277 e. The second kappa shape index (κ2) is 6.58. The zero-order chi connectivity index (χ0) is 15.5. The average Bonchev–Trinajstić information content (AvgIpc) is 2.96. The van der Waals surface area contributed by atoms with Crippen LogP contribution in [0.2, 0.25) is 0 Å². The SMILES string of the molecule is Fc1ccc(-c2nnc(SCc3ccc(Br)cc3F)o2)cc1. The fourth-order valence-corrected chi connectivity index (χ4v) is 2.84. The molecule has 0 aliphatic heterocycles. The van der Waals surface area contributed by atoms with Crippen molar-refractivity contribution in [2.45, 2.75) is 11.0 Å². The average molecular weight is 383 g/mol. The van der Waals surface area contributed by atoms with Crippen LogP contribution >= 0.6 is 27.7 Å². The summed E-state index contributed by atoms with van der Waals surface area (Å²) >= 11 is 4.45. The molecule has 7 heteroatoms. The van der Waals surface area contributed by atoms with Crippen molar-refractivity contribution in [3.05, 3.63) is 64.1 Å². The minimum Gasteiger partial charge on any atom is -0.411 e. The van der Waals surface area contributed by atoms with Crippen LogP contribution in [0.25, 0.3) is 11.5 Å². The van der Waals surface area contributed by atoms with Gasteiger partial charge in [0.1, 0.15) is 11.6 Å². The smallest absolute Gasteiger partial charge is 0.277 e. The van der Waals surface area contributed by atoms with E-state index in [1.807, 2.05) is 0 Å². The predicted octanol–water partition coefficient (Wildman–Crippen LogP) is 5.07. The van der Waals surface area contributed by atoms with Crippen LogP contribution in [-0.2, 0) is 5.75 Å². The van der Waals surface area contributed by atoms with Gasteiger partial charge < -0.3 is 4.42 Å². The first-order chi connectivity index (χ1) is 10.6. The topological polar surface area (TPSA) is 38.9 Å². The second-order valence-corrected chi connectivity index (χ2v) is 6.25. The Bertz CT molecular complexity index is 792. The molecular formula is C15H9BrF2N2OS. The monoisotopic (exact) mass is 382 g/mol. The lowest BCUT2D eigenvalue weighted by Crippen LogP contribution is -1.87. The van der Waals surface area contributed by atoms with Crippen LogP contribution in [0.1, 0.15) is 5.56 Å². The summed E-state index contributed by atoms with van der Waals surface area (Å²) in [7, 11) is 0. The van der Waals surface area contributed by atoms with Gasteiger partial charge in [0.25, 0.3) is 5.22 Å². The molecule has 3 aromatic rings. The molecule has 3 rings (SSSR count). The van der Waals surface area contributed by atoms with Gasteiger partial charge in [-0.05, 0) is 42.0 Å². The molecule has 0 atom stereocenters. The molecular weight excluding hydrogens is 374 g/mol. The third kappa shape index (κ3) is 3.53. The van der Waals surface area contributed by atoms with Gasteiger partial charge in [-0.1, -0.05) is 33.8 Å². The Kier molecular flexibility index (Phi) is 4.54. The van der Waals surface area contributed by atoms with Crippen molar-refractivity contribution in [2.75, 3.05) is 0 Å². The molecule has 0 radical (unpaired) electrons. The summed E-state index contributed by atoms with van der Waals surface area (Å²) in [5.74, 6) is 0.0620. The van der Waals surface area contributed by atoms with Gasteiger partial charge in [-0.3, -0.25) is 0 Å². The van der Waals surface area contributed by atoms with Gasteiger partial charge in [0.05, 0.1) is 0 Å². The van der Waals surface area contributed by atoms with Crippen molar-refractivity contribution in [2.24, 2.45) is 0 Å². The zero-order valence-electron chi connectivity index (χ0n) is 11.1. The zero-order valence-corrected chi connectivity index (χ0v) is 13.5. The summed E-state index contributed by atoms with van der Waals surface area (Å²) in [6.45, 7) is 0. The van der Waals surface area contributed by atoms with E-state index in [0.29, 0.717) is 32.5 Å². The predicted molar refractivity (Wildman–Crippen MR) is 83.4 cm³/mol. The van der Waals surface area contributed by atoms with Gasteiger partial charge >= 0.3 is 0 Å². The van der Waals surface area contributed by atoms with Crippen LogP contribution < -0.4 is 0 Å². The summed E-state index contributed by atoms with van der Waals surface area (Å²) in [5, 5.41) is 8.14. The quantitative estimate of drug-likeness (QED) is 0.590. The van der Waals surface area contributed by atoms with E-state index < -0.39 is 0 Å². The van der Waals surface area contributed by atoms with E-state index in [-0.39, 0.29) is 11.6 Å². The maximum absolute atomic E-state index is 13.7. The highest BCUT2D eigenvalue weighted by atomic mass is 79.9. The number of hydrogen-bond donors (Lipinski definition) is 0. The van der Waals surface area contributed by atoms with Gasteiger partial charge in [-0.2, -0.15) is 0 Å². The Labute approximate surface area is 137 Å². The highest BCUT2D eigenvalue weighted by molar-refractivity contribution is 9.10. The first kappa shape index (κ1) is 15.2. The number of thioether (sulfide) groups is 1. The molecule has 1 heterocycles. The van der Waals surface area contributed by atoms with E-state index in [0.717, 1.165) is 0 Å². The van der Waals surface area contributed by atoms with E-state index in [9.17, 15) is 8.78 Å². The van der Waals surface area contributed by atoms with E-state index in [1.54, 1.807) is 24.3 Å². The molecule has 112 valence electrons. The Balaban J connectivity index is 1.70. The Morgan fingerprint density at radius 1 is 1.05 bits per heavy atom. The van der Waals surface area contributed by atoms with E-state index in [4.69, 9.17) is 4.42 Å². The number of benzene rings is 2. The number of hydrogen-bond acceptors (Lipinski definition) is 4. The Morgan fingerprint density at radius 2 is 1.82 bits per heavy atom. The molecule has 0 saturated heterocycles. The highest BCUT2D eigenvalue weighted by Crippen LogP contribution is 2.27. The summed E-state index contributed by atoms with van der Waals surface area (Å²) < 4.78 is 32.8. The Morgan fingerprint density at radius 3 is 2.55 bits per heavy atom. The summed E-state index contributed by atoms with van der Waals surface area (Å²) in [6.07, 6.45) is 0. The lowest BCUT2D eigenvalue weighted by molar-refractivity contribution is 0.465. The third-order valence-corrected chi connectivity index (χ3v) is 4.22. The largest absolute Gasteiger partial charge is 0.411 e. The van der Waals surface area contributed by atoms with Crippen LogP contribution in [0, 0.1) is 11.6 Å². The van der Waals surface area contributed by atoms with Gasteiger partial charge in [-0.15, -0.1) is 10.2 Å². The van der Waals surface area contributed by atoms with Crippen LogP contribution in [0.5, 0.6) is 0 Å². The van der Waals surface area contributed by atoms with Crippen molar-refractivity contribution < 1.29 is 13.2 Å². The molecule has 0 aliphatic rings. The summed E-state index contributed by atoms with van der Waals surface area (Å²) in [4.78, 5) is 0. The molecule has 0 fully saturated rings. The minimum absolute atomic E-state index is 0.292. The number of nitrogens with zero attached hydrogens (tertiary/aromatic N) is 2. The highest BCUT2D eigenvalue weighted by Gasteiger charge is 2.11. The molecule has 0 aliphatic carbocycles. The van der Waals surface area contributed by atoms with Gasteiger partial charge in [-0.25, -0.2) is 8.78 Å². The normalized spacial score (nSPS) is 10.9. The fraction of sp³-hybridized carbons (Fsp3) is 0.0667. The second-order valence-electron chi connectivity index (χ2n) is 4.40. The maximum atomic E-state index is 13.7. The van der Waals surface area contributed by atoms with Crippen molar-refractivity contribution >= 4 is 27.7 Å². The van der Waals surface area contributed by atoms with Crippen molar-refractivity contribution in [3.8, 4) is 11.5 Å². The molecule has 1 aromatic heterocycles. The fourth-order valence-electron chi connectivity index (χ4n) is 1.76. The summed E-state index contributed by atoms with van der Waals surface area (Å²) in [5.41, 5.74) is 1.19. The van der Waals surface area contributed by atoms with Gasteiger partial charge in [0.2, 0.25) is 5.89 Å². The minimum atomic E-state index is -0.330. The van der Waals surface area contributed by atoms with Crippen molar-refractivity contribution in [1.82, 2.24) is 10.2 Å². The van der Waals surface area contributed by atoms with Crippen molar-refractivity contribution in [1.29, 1.82) is 0 Å². The molecule has 2 aromatic carbocycles. The van der Waals surface area contributed by atoms with Crippen LogP contribution in [-0.4, -0.2) is 10.2 Å². The standard InChI is InChI=1S/C15H9BrF2N2OS/c16-11-4-1-10(13(18)7-11)8-22-15-20-19-14(21-15)9-2-5-12(17)6-3-9/h1-7H,8H2. The van der Waals surface area contributed by atoms with E-state index >= 15 is 0 Å². The first-order valence-electron chi connectivity index (χ1n) is 6.28. The van der Waals surface area contributed by atoms with E-state index in [2.05, 4.69) is 26.1 Å². The van der Waals surface area contributed by atoms with Gasteiger partial charge in [0, 0.05) is 15.8 Å². The lowest BCUT2D eigenvalue weighted by atomic mass is 10.2. The Hall–Kier alpha value is -1.73. The molecule has 22 heavy (non-hydrogen) atoms. The van der Waals surface area contributed by atoms with Crippen LogP contribution in [0.15, 0.2) is 56.6 Å². The number of aromatic nitrogens is 2. The third-order valence-electron chi connectivity index (χ3n) is 2.86. The molecule has 0 saturated carbocycles. The van der Waals surface area contributed by atoms with Crippen LogP contribution in [0.4, 0.5) is 8.78 Å². The molecule has 0 unspecified atom stereocenters. The van der Waals surface area contributed by atoms with Gasteiger partial charge in [0.15, 0.2) is 0 Å². The number of halogens is 3. The molecule has 0 N–H and O–H groups in total. The summed E-state index contributed by atoms with van der Waals surface area (Å²) in [6, 6.07) is 10.7. The van der Waals surface area contributed by atoms with E-state index in [1.165, 1.54) is 30.0 Å². The van der Waals surface area contributed by atoms with Crippen LogP contribution in [0.3, 0.4) is 0 Å². The first-order valence-corrected chi connectivity index (χ1v) is 8.06. The molecule has 0 bridgehead atoms. The molecule has 0 spiro atoms. The molecule has 0 amide bonds.